The first-order valence-corrected chi connectivity index (χ1v) is 9.43. The van der Waals surface area contributed by atoms with E-state index in [0.29, 0.717) is 6.54 Å². The number of aromatic nitrogens is 2. The molecule has 1 N–H and O–H groups in total. The molecule has 0 saturated carbocycles. The predicted molar refractivity (Wildman–Crippen MR) is 104 cm³/mol. The first-order valence-electron chi connectivity index (χ1n) is 9.43. The van der Waals surface area contributed by atoms with Crippen molar-refractivity contribution in [2.45, 2.75) is 59.0 Å². The van der Waals surface area contributed by atoms with Crippen molar-refractivity contribution in [3.63, 3.8) is 0 Å². The van der Waals surface area contributed by atoms with Crippen LogP contribution in [0.1, 0.15) is 56.8 Å². The van der Waals surface area contributed by atoms with Crippen LogP contribution in [0.15, 0.2) is 29.1 Å². The van der Waals surface area contributed by atoms with E-state index in [-0.39, 0.29) is 11.0 Å². The Hall–Kier alpha value is -2.14. The van der Waals surface area contributed by atoms with Crippen molar-refractivity contribution >= 4 is 0 Å². The fraction of sp³-hybridized carbons (Fsp3) is 0.524. The van der Waals surface area contributed by atoms with Crippen molar-refractivity contribution in [2.75, 3.05) is 13.2 Å². The van der Waals surface area contributed by atoms with E-state index in [1.807, 2.05) is 12.1 Å². The van der Waals surface area contributed by atoms with Gasteiger partial charge in [-0.25, -0.2) is 4.98 Å². The van der Waals surface area contributed by atoms with E-state index in [4.69, 9.17) is 9.72 Å². The average molecular weight is 355 g/mol. The maximum Gasteiger partial charge on any atom is 0.255 e. The van der Waals surface area contributed by atoms with Crippen molar-refractivity contribution in [3.05, 3.63) is 57.3 Å². The van der Waals surface area contributed by atoms with E-state index in [1.165, 1.54) is 5.56 Å². The summed E-state index contributed by atoms with van der Waals surface area (Å²) >= 11 is 0. The van der Waals surface area contributed by atoms with Gasteiger partial charge in [0.15, 0.2) is 0 Å². The number of rotatable bonds is 5. The van der Waals surface area contributed by atoms with Gasteiger partial charge in [0.2, 0.25) is 0 Å². The van der Waals surface area contributed by atoms with Crippen molar-refractivity contribution in [2.24, 2.45) is 0 Å². The van der Waals surface area contributed by atoms with E-state index < -0.39 is 0 Å². The second-order valence-corrected chi connectivity index (χ2v) is 8.04. The Bertz CT molecular complexity index is 803. The number of hydrogen-bond acceptors (Lipinski definition) is 4. The minimum Gasteiger partial charge on any atom is -0.494 e. The van der Waals surface area contributed by atoms with Gasteiger partial charge in [0.1, 0.15) is 11.6 Å². The SMILES string of the molecule is CCCOc1ccc(CN2CCc3nc(C(C)(C)C)[nH]c(=O)c3C2)cc1. The first-order chi connectivity index (χ1) is 12.4. The molecule has 5 heteroatoms. The number of aromatic amines is 1. The largest absolute Gasteiger partial charge is 0.494 e. The molecule has 140 valence electrons. The highest BCUT2D eigenvalue weighted by atomic mass is 16.5. The Labute approximate surface area is 155 Å². The lowest BCUT2D eigenvalue weighted by atomic mass is 9.95. The molecule has 0 radical (unpaired) electrons. The highest BCUT2D eigenvalue weighted by Crippen LogP contribution is 2.22. The average Bonchev–Trinajstić information content (AvgIpc) is 2.61. The Morgan fingerprint density at radius 2 is 1.96 bits per heavy atom. The van der Waals surface area contributed by atoms with Gasteiger partial charge in [-0.05, 0) is 24.1 Å². The van der Waals surface area contributed by atoms with Gasteiger partial charge >= 0.3 is 0 Å². The molecule has 0 fully saturated rings. The molecule has 5 nitrogen and oxygen atoms in total. The van der Waals surface area contributed by atoms with Crippen LogP contribution in [0.25, 0.3) is 0 Å². The minimum atomic E-state index is -0.146. The van der Waals surface area contributed by atoms with Gasteiger partial charge in [0, 0.05) is 31.5 Å². The van der Waals surface area contributed by atoms with Crippen LogP contribution in [0.5, 0.6) is 5.75 Å². The van der Waals surface area contributed by atoms with E-state index in [2.05, 4.69) is 49.7 Å². The number of nitrogens with zero attached hydrogens (tertiary/aromatic N) is 2. The standard InChI is InChI=1S/C21H29N3O2/c1-5-12-26-16-8-6-15(7-9-16)13-24-11-10-18-17(14-24)19(25)23-20(22-18)21(2,3)4/h6-9H,5,10-14H2,1-4H3,(H,22,23,25). The molecule has 2 aromatic rings. The van der Waals surface area contributed by atoms with Gasteiger partial charge in [0.25, 0.3) is 5.56 Å². The second-order valence-electron chi connectivity index (χ2n) is 8.04. The fourth-order valence-electron chi connectivity index (χ4n) is 3.14. The molecule has 0 unspecified atom stereocenters. The summed E-state index contributed by atoms with van der Waals surface area (Å²) in [6, 6.07) is 8.25. The smallest absolute Gasteiger partial charge is 0.255 e. The third-order valence-electron chi connectivity index (χ3n) is 4.66. The topological polar surface area (TPSA) is 58.2 Å². The minimum absolute atomic E-state index is 0.00735. The van der Waals surface area contributed by atoms with Crippen molar-refractivity contribution < 1.29 is 4.74 Å². The zero-order chi connectivity index (χ0) is 18.7. The molecule has 0 amide bonds. The molecule has 0 aliphatic carbocycles. The molecule has 1 aromatic carbocycles. The summed E-state index contributed by atoms with van der Waals surface area (Å²) in [6.45, 7) is 11.4. The van der Waals surface area contributed by atoms with Crippen LogP contribution in [0.2, 0.25) is 0 Å². The lowest BCUT2D eigenvalue weighted by molar-refractivity contribution is 0.240. The molecule has 1 aromatic heterocycles. The van der Waals surface area contributed by atoms with Crippen molar-refractivity contribution in [3.8, 4) is 5.75 Å². The van der Waals surface area contributed by atoms with Crippen LogP contribution < -0.4 is 10.3 Å². The zero-order valence-electron chi connectivity index (χ0n) is 16.3. The van der Waals surface area contributed by atoms with Gasteiger partial charge in [-0.1, -0.05) is 39.8 Å². The highest BCUT2D eigenvalue weighted by molar-refractivity contribution is 5.28. The molecule has 0 saturated heterocycles. The summed E-state index contributed by atoms with van der Waals surface area (Å²) in [5.41, 5.74) is 2.86. The Balaban J connectivity index is 1.70. The predicted octanol–water partition coefficient (Wildman–Crippen LogP) is 3.41. The van der Waals surface area contributed by atoms with Crippen LogP contribution in [0.4, 0.5) is 0 Å². The number of H-pyrrole nitrogens is 1. The highest BCUT2D eigenvalue weighted by Gasteiger charge is 2.24. The normalized spacial score (nSPS) is 14.9. The van der Waals surface area contributed by atoms with Gasteiger partial charge in [-0.2, -0.15) is 0 Å². The molecule has 1 aliphatic heterocycles. The molecule has 3 rings (SSSR count). The zero-order valence-corrected chi connectivity index (χ0v) is 16.3. The summed E-state index contributed by atoms with van der Waals surface area (Å²) in [7, 11) is 0. The number of ether oxygens (including phenoxy) is 1. The third kappa shape index (κ3) is 4.33. The molecular formula is C21H29N3O2. The van der Waals surface area contributed by atoms with Gasteiger partial charge in [0.05, 0.1) is 17.9 Å². The number of nitrogens with one attached hydrogen (secondary N) is 1. The van der Waals surface area contributed by atoms with Crippen LogP contribution in [-0.4, -0.2) is 28.0 Å². The molecule has 2 heterocycles. The Morgan fingerprint density at radius 1 is 1.23 bits per heavy atom. The van der Waals surface area contributed by atoms with Crippen molar-refractivity contribution in [1.82, 2.24) is 14.9 Å². The summed E-state index contributed by atoms with van der Waals surface area (Å²) in [5.74, 6) is 1.69. The molecule has 1 aliphatic rings. The van der Waals surface area contributed by atoms with Crippen LogP contribution in [0, 0.1) is 0 Å². The maximum atomic E-state index is 12.5. The van der Waals surface area contributed by atoms with Gasteiger partial charge in [-0.15, -0.1) is 0 Å². The summed E-state index contributed by atoms with van der Waals surface area (Å²) in [4.78, 5) is 22.5. The molecule has 26 heavy (non-hydrogen) atoms. The quantitative estimate of drug-likeness (QED) is 0.893. The summed E-state index contributed by atoms with van der Waals surface area (Å²) < 4.78 is 5.63. The summed E-state index contributed by atoms with van der Waals surface area (Å²) in [5, 5.41) is 0. The van der Waals surface area contributed by atoms with Crippen LogP contribution in [0.3, 0.4) is 0 Å². The van der Waals surface area contributed by atoms with Crippen molar-refractivity contribution in [1.29, 1.82) is 0 Å². The lowest BCUT2D eigenvalue weighted by Gasteiger charge is -2.29. The lowest BCUT2D eigenvalue weighted by Crippen LogP contribution is -2.37. The van der Waals surface area contributed by atoms with Crippen LogP contribution in [-0.2, 0) is 24.9 Å². The number of fused-ring (bicyclic) bond motifs is 1. The molecule has 0 spiro atoms. The number of benzene rings is 1. The number of hydrogen-bond donors (Lipinski definition) is 1. The fourth-order valence-corrected chi connectivity index (χ4v) is 3.14. The monoisotopic (exact) mass is 355 g/mol. The van der Waals surface area contributed by atoms with Gasteiger partial charge in [-0.3, -0.25) is 9.69 Å². The van der Waals surface area contributed by atoms with E-state index >= 15 is 0 Å². The molecule has 0 bridgehead atoms. The van der Waals surface area contributed by atoms with Gasteiger partial charge < -0.3 is 9.72 Å². The first kappa shape index (κ1) is 18.6. The molecular weight excluding hydrogens is 326 g/mol. The Morgan fingerprint density at radius 3 is 2.62 bits per heavy atom. The van der Waals surface area contributed by atoms with E-state index in [1.54, 1.807) is 0 Å². The third-order valence-corrected chi connectivity index (χ3v) is 4.66. The molecule has 0 atom stereocenters. The summed E-state index contributed by atoms with van der Waals surface area (Å²) in [6.07, 6.45) is 1.83. The maximum absolute atomic E-state index is 12.5. The Kier molecular flexibility index (Phi) is 5.47. The van der Waals surface area contributed by atoms with Crippen LogP contribution >= 0.6 is 0 Å². The van der Waals surface area contributed by atoms with E-state index in [0.717, 1.165) is 55.4 Å². The van der Waals surface area contributed by atoms with E-state index in [9.17, 15) is 4.79 Å². The second kappa shape index (κ2) is 7.62.